The van der Waals surface area contributed by atoms with Crippen molar-refractivity contribution in [2.24, 2.45) is 0 Å². The lowest BCUT2D eigenvalue weighted by molar-refractivity contribution is 0.0655. The number of aryl methyl sites for hydroxylation is 1. The highest BCUT2D eigenvalue weighted by Crippen LogP contribution is 2.23. The van der Waals surface area contributed by atoms with Gasteiger partial charge in [-0.15, -0.1) is 0 Å². The van der Waals surface area contributed by atoms with Gasteiger partial charge < -0.3 is 4.90 Å². The third-order valence-corrected chi connectivity index (χ3v) is 3.06. The summed E-state index contributed by atoms with van der Waals surface area (Å²) in [6, 6.07) is 5.50. The van der Waals surface area contributed by atoms with Gasteiger partial charge in [0, 0.05) is 12.6 Å². The molecule has 0 aliphatic carbocycles. The first-order valence-electron chi connectivity index (χ1n) is 5.28. The quantitative estimate of drug-likeness (QED) is 0.734. The predicted molar refractivity (Wildman–Crippen MR) is 68.0 cm³/mol. The van der Waals surface area contributed by atoms with Gasteiger partial charge in [0.2, 0.25) is 0 Å². The molecule has 0 fully saturated rings. The number of halogens is 1. The van der Waals surface area contributed by atoms with Crippen molar-refractivity contribution in [3.05, 3.63) is 34.3 Å². The van der Waals surface area contributed by atoms with Crippen molar-refractivity contribution in [3.63, 3.8) is 0 Å². The van der Waals surface area contributed by atoms with Crippen LogP contribution >= 0.6 is 11.6 Å². The maximum Gasteiger partial charge on any atom is 0.255 e. The third kappa shape index (κ3) is 2.56. The van der Waals surface area contributed by atoms with Crippen LogP contribution in [0.5, 0.6) is 0 Å². The highest BCUT2D eigenvalue weighted by Gasteiger charge is 2.25. The second-order valence-electron chi connectivity index (χ2n) is 4.97. The molecule has 3 heteroatoms. The molecule has 0 N–H and O–H groups in total. The summed E-state index contributed by atoms with van der Waals surface area (Å²) in [7, 11) is 1.80. The lowest BCUT2D eigenvalue weighted by Gasteiger charge is -2.32. The maximum absolute atomic E-state index is 12.3. The van der Waals surface area contributed by atoms with Gasteiger partial charge in [-0.25, -0.2) is 0 Å². The summed E-state index contributed by atoms with van der Waals surface area (Å²) < 4.78 is 0. The van der Waals surface area contributed by atoms with Crippen molar-refractivity contribution in [1.82, 2.24) is 4.90 Å². The van der Waals surface area contributed by atoms with E-state index in [9.17, 15) is 4.79 Å². The fourth-order valence-electron chi connectivity index (χ4n) is 1.38. The van der Waals surface area contributed by atoms with Crippen LogP contribution in [-0.2, 0) is 0 Å². The number of hydrogen-bond acceptors (Lipinski definition) is 1. The molecule has 0 heterocycles. The molecule has 0 bridgehead atoms. The average Bonchev–Trinajstić information content (AvgIpc) is 2.14. The first-order chi connectivity index (χ1) is 7.25. The molecule has 0 spiro atoms. The van der Waals surface area contributed by atoms with E-state index in [0.717, 1.165) is 5.56 Å². The number of benzene rings is 1. The molecule has 0 aliphatic heterocycles. The smallest absolute Gasteiger partial charge is 0.255 e. The molecule has 0 saturated carbocycles. The third-order valence-electron chi connectivity index (χ3n) is 2.75. The summed E-state index contributed by atoms with van der Waals surface area (Å²) in [5, 5.41) is 0.515. The lowest BCUT2D eigenvalue weighted by atomic mass is 10.0. The molecule has 1 aromatic carbocycles. The summed E-state index contributed by atoms with van der Waals surface area (Å²) in [5.74, 6) is -0.0319. The Bertz CT molecular complexity index is 387. The van der Waals surface area contributed by atoms with Crippen LogP contribution in [-0.4, -0.2) is 23.4 Å². The highest BCUT2D eigenvalue weighted by molar-refractivity contribution is 6.34. The van der Waals surface area contributed by atoms with E-state index < -0.39 is 0 Å². The number of amides is 1. The predicted octanol–water partition coefficient (Wildman–Crippen LogP) is 3.52. The van der Waals surface area contributed by atoms with Crippen LogP contribution in [0.2, 0.25) is 5.02 Å². The van der Waals surface area contributed by atoms with Crippen molar-refractivity contribution < 1.29 is 4.79 Å². The highest BCUT2D eigenvalue weighted by atomic mass is 35.5. The molecule has 1 aromatic rings. The van der Waals surface area contributed by atoms with Gasteiger partial charge in [-0.2, -0.15) is 0 Å². The van der Waals surface area contributed by atoms with Crippen molar-refractivity contribution in [2.75, 3.05) is 7.05 Å². The fraction of sp³-hybridized carbons (Fsp3) is 0.462. The molecular formula is C13H18ClNO. The minimum atomic E-state index is -0.206. The number of carbonyl (C=O) groups is 1. The van der Waals surface area contributed by atoms with Crippen LogP contribution in [0.25, 0.3) is 0 Å². The Morgan fingerprint density at radius 2 is 1.88 bits per heavy atom. The Morgan fingerprint density at radius 1 is 1.31 bits per heavy atom. The van der Waals surface area contributed by atoms with E-state index >= 15 is 0 Å². The zero-order valence-corrected chi connectivity index (χ0v) is 11.2. The Balaban J connectivity index is 3.16. The van der Waals surface area contributed by atoms with Crippen LogP contribution in [0.3, 0.4) is 0 Å². The van der Waals surface area contributed by atoms with Crippen molar-refractivity contribution >= 4 is 17.5 Å². The van der Waals surface area contributed by atoms with Gasteiger partial charge in [-0.1, -0.05) is 23.7 Å². The zero-order chi connectivity index (χ0) is 12.5. The second kappa shape index (κ2) is 4.46. The van der Waals surface area contributed by atoms with Gasteiger partial charge in [0.05, 0.1) is 10.6 Å². The van der Waals surface area contributed by atoms with Crippen molar-refractivity contribution in [2.45, 2.75) is 33.2 Å². The van der Waals surface area contributed by atoms with E-state index in [1.54, 1.807) is 18.0 Å². The van der Waals surface area contributed by atoms with E-state index in [0.29, 0.717) is 10.6 Å². The Labute approximate surface area is 102 Å². The molecule has 0 aliphatic rings. The van der Waals surface area contributed by atoms with E-state index in [4.69, 9.17) is 11.6 Å². The molecule has 2 nitrogen and oxygen atoms in total. The van der Waals surface area contributed by atoms with Gasteiger partial charge in [0.25, 0.3) is 5.91 Å². The fourth-order valence-corrected chi connectivity index (χ4v) is 1.68. The van der Waals surface area contributed by atoms with E-state index in [-0.39, 0.29) is 11.4 Å². The molecule has 0 radical (unpaired) electrons. The van der Waals surface area contributed by atoms with Crippen molar-refractivity contribution in [1.29, 1.82) is 0 Å². The first-order valence-corrected chi connectivity index (χ1v) is 5.66. The van der Waals surface area contributed by atoms with Crippen LogP contribution < -0.4 is 0 Å². The average molecular weight is 240 g/mol. The van der Waals surface area contributed by atoms with Crippen molar-refractivity contribution in [3.8, 4) is 0 Å². The van der Waals surface area contributed by atoms with Crippen LogP contribution in [0.4, 0.5) is 0 Å². The molecule has 0 aromatic heterocycles. The second-order valence-corrected chi connectivity index (χ2v) is 5.37. The molecular weight excluding hydrogens is 222 g/mol. The maximum atomic E-state index is 12.3. The molecule has 0 unspecified atom stereocenters. The Kier molecular flexibility index (Phi) is 3.64. The summed E-state index contributed by atoms with van der Waals surface area (Å²) in [5.41, 5.74) is 1.30. The molecule has 16 heavy (non-hydrogen) atoms. The summed E-state index contributed by atoms with van der Waals surface area (Å²) in [6.07, 6.45) is 0. The monoisotopic (exact) mass is 239 g/mol. The minimum absolute atomic E-state index is 0.0319. The Hall–Kier alpha value is -1.02. The van der Waals surface area contributed by atoms with Gasteiger partial charge in [-0.05, 0) is 39.3 Å². The molecule has 1 amide bonds. The summed E-state index contributed by atoms with van der Waals surface area (Å²) in [4.78, 5) is 14.0. The molecule has 88 valence electrons. The number of rotatable bonds is 1. The minimum Gasteiger partial charge on any atom is -0.337 e. The number of hydrogen-bond donors (Lipinski definition) is 0. The van der Waals surface area contributed by atoms with Gasteiger partial charge in [0.15, 0.2) is 0 Å². The molecule has 1 rings (SSSR count). The lowest BCUT2D eigenvalue weighted by Crippen LogP contribution is -2.42. The topological polar surface area (TPSA) is 20.3 Å². The zero-order valence-electron chi connectivity index (χ0n) is 10.5. The SMILES string of the molecule is Cc1cccc(Cl)c1C(=O)N(C)C(C)(C)C. The summed E-state index contributed by atoms with van der Waals surface area (Å²) in [6.45, 7) is 7.89. The van der Waals surface area contributed by atoms with E-state index in [1.807, 2.05) is 39.8 Å². The van der Waals surface area contributed by atoms with Crippen LogP contribution in [0.15, 0.2) is 18.2 Å². The molecule has 0 saturated heterocycles. The normalized spacial score (nSPS) is 11.4. The largest absolute Gasteiger partial charge is 0.337 e. The van der Waals surface area contributed by atoms with Crippen LogP contribution in [0.1, 0.15) is 36.7 Å². The van der Waals surface area contributed by atoms with E-state index in [2.05, 4.69) is 0 Å². The van der Waals surface area contributed by atoms with Gasteiger partial charge >= 0.3 is 0 Å². The van der Waals surface area contributed by atoms with Gasteiger partial charge in [0.1, 0.15) is 0 Å². The Morgan fingerprint density at radius 3 is 2.31 bits per heavy atom. The number of carbonyl (C=O) groups excluding carboxylic acids is 1. The van der Waals surface area contributed by atoms with Gasteiger partial charge in [-0.3, -0.25) is 4.79 Å². The summed E-state index contributed by atoms with van der Waals surface area (Å²) >= 11 is 6.07. The van der Waals surface area contributed by atoms with Crippen LogP contribution in [0, 0.1) is 6.92 Å². The first kappa shape index (κ1) is 13.0. The van der Waals surface area contributed by atoms with E-state index in [1.165, 1.54) is 0 Å². The number of nitrogens with zero attached hydrogens (tertiary/aromatic N) is 1. The molecule has 0 atom stereocenters. The standard InChI is InChI=1S/C13H18ClNO/c1-9-7-6-8-10(14)11(9)12(16)15(5)13(2,3)4/h6-8H,1-5H3.